The van der Waals surface area contributed by atoms with Gasteiger partial charge in [-0.2, -0.15) is 0 Å². The van der Waals surface area contributed by atoms with E-state index in [4.69, 9.17) is 15.6 Å². The van der Waals surface area contributed by atoms with Gasteiger partial charge in [0, 0.05) is 25.7 Å². The number of piperidine rings is 1. The number of ether oxygens (including phenoxy) is 1. The van der Waals surface area contributed by atoms with Gasteiger partial charge in [0.05, 0.1) is 12.2 Å². The van der Waals surface area contributed by atoms with Crippen LogP contribution in [0.3, 0.4) is 0 Å². The number of hydrogen-bond acceptors (Lipinski definition) is 5. The minimum Gasteiger partial charge on any atom is -0.477 e. The van der Waals surface area contributed by atoms with Gasteiger partial charge >= 0.3 is 0 Å². The molecule has 1 saturated heterocycles. The van der Waals surface area contributed by atoms with E-state index in [1.165, 1.54) is 0 Å². The molecular formula is C16H25N3O3. The van der Waals surface area contributed by atoms with E-state index in [1.807, 2.05) is 29.0 Å². The lowest BCUT2D eigenvalue weighted by Gasteiger charge is -2.30. The standard InChI is InChI=1S/C16H25N3O3/c1-18(10-11-20)12-22-15-5-3-2-4-14(15)16(21)19-8-6-13(17)7-9-19/h2-5,13,20H,6-12,17H2,1H3. The molecule has 1 fully saturated rings. The summed E-state index contributed by atoms with van der Waals surface area (Å²) < 4.78 is 5.73. The van der Waals surface area contributed by atoms with Gasteiger partial charge in [-0.15, -0.1) is 0 Å². The van der Waals surface area contributed by atoms with E-state index in [9.17, 15) is 4.79 Å². The minimum absolute atomic E-state index is 0.00712. The molecule has 1 amide bonds. The van der Waals surface area contributed by atoms with Crippen LogP contribution in [0.5, 0.6) is 5.75 Å². The van der Waals surface area contributed by atoms with Gasteiger partial charge in [-0.05, 0) is 32.0 Å². The molecule has 0 radical (unpaired) electrons. The number of nitrogens with zero attached hydrogens (tertiary/aromatic N) is 2. The Kier molecular flexibility index (Phi) is 6.18. The van der Waals surface area contributed by atoms with Gasteiger partial charge in [-0.3, -0.25) is 9.69 Å². The molecule has 22 heavy (non-hydrogen) atoms. The van der Waals surface area contributed by atoms with Gasteiger partial charge in [0.15, 0.2) is 0 Å². The van der Waals surface area contributed by atoms with Crippen molar-refractivity contribution in [3.8, 4) is 5.75 Å². The lowest BCUT2D eigenvalue weighted by Crippen LogP contribution is -2.43. The maximum absolute atomic E-state index is 12.6. The number of hydrogen-bond donors (Lipinski definition) is 2. The second kappa shape index (κ2) is 8.12. The summed E-state index contributed by atoms with van der Waals surface area (Å²) in [6, 6.07) is 7.48. The molecule has 2 rings (SSSR count). The van der Waals surface area contributed by atoms with Gasteiger partial charge in [0.1, 0.15) is 12.5 Å². The first-order chi connectivity index (χ1) is 10.6. The van der Waals surface area contributed by atoms with Crippen molar-refractivity contribution in [2.75, 3.05) is 40.0 Å². The van der Waals surface area contributed by atoms with E-state index >= 15 is 0 Å². The predicted octanol–water partition coefficient (Wildman–Crippen LogP) is 0.510. The van der Waals surface area contributed by atoms with Crippen LogP contribution in [0.1, 0.15) is 23.2 Å². The Balaban J connectivity index is 2.02. The number of likely N-dealkylation sites (tertiary alicyclic amines) is 1. The van der Waals surface area contributed by atoms with Crippen molar-refractivity contribution in [3.05, 3.63) is 29.8 Å². The molecule has 1 heterocycles. The van der Waals surface area contributed by atoms with Gasteiger partial charge in [-0.25, -0.2) is 0 Å². The summed E-state index contributed by atoms with van der Waals surface area (Å²) in [6.07, 6.45) is 1.68. The van der Waals surface area contributed by atoms with E-state index < -0.39 is 0 Å². The predicted molar refractivity (Wildman–Crippen MR) is 84.8 cm³/mol. The lowest BCUT2D eigenvalue weighted by atomic mass is 10.0. The Morgan fingerprint density at radius 3 is 2.77 bits per heavy atom. The highest BCUT2D eigenvalue weighted by molar-refractivity contribution is 5.97. The van der Waals surface area contributed by atoms with Crippen LogP contribution in [0.25, 0.3) is 0 Å². The molecule has 0 aliphatic carbocycles. The largest absolute Gasteiger partial charge is 0.477 e. The Morgan fingerprint density at radius 1 is 1.41 bits per heavy atom. The van der Waals surface area contributed by atoms with E-state index in [0.29, 0.717) is 37.7 Å². The molecule has 1 aliphatic heterocycles. The van der Waals surface area contributed by atoms with Gasteiger partial charge in [0.2, 0.25) is 0 Å². The second-order valence-corrected chi connectivity index (χ2v) is 5.70. The molecule has 0 saturated carbocycles. The Morgan fingerprint density at radius 2 is 2.09 bits per heavy atom. The molecule has 6 heteroatoms. The van der Waals surface area contributed by atoms with Crippen molar-refractivity contribution in [1.82, 2.24) is 9.80 Å². The average Bonchev–Trinajstić information content (AvgIpc) is 2.53. The van der Waals surface area contributed by atoms with Crippen molar-refractivity contribution in [2.24, 2.45) is 5.73 Å². The third kappa shape index (κ3) is 4.43. The number of amides is 1. The highest BCUT2D eigenvalue weighted by atomic mass is 16.5. The summed E-state index contributed by atoms with van der Waals surface area (Å²) in [4.78, 5) is 16.3. The summed E-state index contributed by atoms with van der Waals surface area (Å²) in [6.45, 7) is 2.32. The summed E-state index contributed by atoms with van der Waals surface area (Å²) in [5.74, 6) is 0.569. The third-order valence-corrected chi connectivity index (χ3v) is 3.87. The average molecular weight is 307 g/mol. The van der Waals surface area contributed by atoms with Gasteiger partial charge in [0.25, 0.3) is 5.91 Å². The lowest BCUT2D eigenvalue weighted by molar-refractivity contribution is 0.0703. The van der Waals surface area contributed by atoms with Crippen LogP contribution in [0.15, 0.2) is 24.3 Å². The van der Waals surface area contributed by atoms with E-state index in [0.717, 1.165) is 12.8 Å². The summed E-state index contributed by atoms with van der Waals surface area (Å²) in [5, 5.41) is 8.90. The van der Waals surface area contributed by atoms with Crippen LogP contribution in [0.2, 0.25) is 0 Å². The van der Waals surface area contributed by atoms with Crippen molar-refractivity contribution in [3.63, 3.8) is 0 Å². The molecule has 0 aromatic heterocycles. The normalized spacial score (nSPS) is 16.1. The van der Waals surface area contributed by atoms with Crippen molar-refractivity contribution >= 4 is 5.91 Å². The Labute approximate surface area is 131 Å². The number of nitrogens with two attached hydrogens (primary N) is 1. The quantitative estimate of drug-likeness (QED) is 0.749. The molecule has 0 atom stereocenters. The topological polar surface area (TPSA) is 79.0 Å². The number of carbonyl (C=O) groups excluding carboxylic acids is 1. The fourth-order valence-electron chi connectivity index (χ4n) is 2.46. The molecule has 1 aromatic rings. The second-order valence-electron chi connectivity index (χ2n) is 5.70. The number of benzene rings is 1. The molecule has 0 bridgehead atoms. The minimum atomic E-state index is -0.00712. The van der Waals surface area contributed by atoms with E-state index in [1.54, 1.807) is 12.1 Å². The van der Waals surface area contributed by atoms with Crippen LogP contribution in [-0.4, -0.2) is 66.9 Å². The fraction of sp³-hybridized carbons (Fsp3) is 0.562. The molecule has 3 N–H and O–H groups in total. The molecular weight excluding hydrogens is 282 g/mol. The van der Waals surface area contributed by atoms with Crippen LogP contribution in [0, 0.1) is 0 Å². The zero-order valence-corrected chi connectivity index (χ0v) is 13.1. The molecule has 0 unspecified atom stereocenters. The van der Waals surface area contributed by atoms with Crippen LogP contribution < -0.4 is 10.5 Å². The molecule has 1 aliphatic rings. The zero-order chi connectivity index (χ0) is 15.9. The number of rotatable bonds is 6. The van der Waals surface area contributed by atoms with Crippen LogP contribution in [-0.2, 0) is 0 Å². The maximum Gasteiger partial charge on any atom is 0.257 e. The maximum atomic E-state index is 12.6. The fourth-order valence-corrected chi connectivity index (χ4v) is 2.46. The van der Waals surface area contributed by atoms with Crippen molar-refractivity contribution < 1.29 is 14.6 Å². The first kappa shape index (κ1) is 16.7. The van der Waals surface area contributed by atoms with Crippen molar-refractivity contribution in [2.45, 2.75) is 18.9 Å². The molecule has 1 aromatic carbocycles. The third-order valence-electron chi connectivity index (χ3n) is 3.87. The van der Waals surface area contributed by atoms with E-state index in [2.05, 4.69) is 0 Å². The number of para-hydroxylation sites is 1. The molecule has 0 spiro atoms. The zero-order valence-electron chi connectivity index (χ0n) is 13.1. The monoisotopic (exact) mass is 307 g/mol. The van der Waals surface area contributed by atoms with Crippen LogP contribution >= 0.6 is 0 Å². The number of carbonyl (C=O) groups is 1. The molecule has 6 nitrogen and oxygen atoms in total. The van der Waals surface area contributed by atoms with Crippen LogP contribution in [0.4, 0.5) is 0 Å². The van der Waals surface area contributed by atoms with Gasteiger partial charge < -0.3 is 20.5 Å². The first-order valence-corrected chi connectivity index (χ1v) is 7.68. The number of likely N-dealkylation sites (N-methyl/N-ethyl adjacent to an activating group) is 1. The smallest absolute Gasteiger partial charge is 0.257 e. The Bertz CT molecular complexity index is 487. The van der Waals surface area contributed by atoms with Gasteiger partial charge in [-0.1, -0.05) is 12.1 Å². The number of aliphatic hydroxyl groups excluding tert-OH is 1. The highest BCUT2D eigenvalue weighted by Gasteiger charge is 2.23. The molecule has 122 valence electrons. The Hall–Kier alpha value is -1.63. The summed E-state index contributed by atoms with van der Waals surface area (Å²) >= 11 is 0. The number of aliphatic hydroxyl groups is 1. The SMILES string of the molecule is CN(CCO)COc1ccccc1C(=O)N1CCC(N)CC1. The van der Waals surface area contributed by atoms with Crippen molar-refractivity contribution in [1.29, 1.82) is 0 Å². The summed E-state index contributed by atoms with van der Waals surface area (Å²) in [7, 11) is 1.85. The highest BCUT2D eigenvalue weighted by Crippen LogP contribution is 2.22. The first-order valence-electron chi connectivity index (χ1n) is 7.68. The summed E-state index contributed by atoms with van der Waals surface area (Å²) in [5.41, 5.74) is 6.47. The van der Waals surface area contributed by atoms with E-state index in [-0.39, 0.29) is 18.6 Å².